The number of ketones is 1. The van der Waals surface area contributed by atoms with Crippen molar-refractivity contribution >= 4 is 17.5 Å². The molecule has 0 aliphatic heterocycles. The fourth-order valence-corrected chi connectivity index (χ4v) is 2.30. The van der Waals surface area contributed by atoms with E-state index in [0.29, 0.717) is 16.2 Å². The monoisotopic (exact) mass is 259 g/mol. The zero-order valence-corrected chi connectivity index (χ0v) is 10.7. The molecule has 0 aliphatic rings. The molecule has 0 saturated carbocycles. The summed E-state index contributed by atoms with van der Waals surface area (Å²) in [5.74, 6) is -0.0770. The lowest BCUT2D eigenvalue weighted by Crippen LogP contribution is -2.05. The van der Waals surface area contributed by atoms with Gasteiger partial charge in [0.15, 0.2) is 5.78 Å². The van der Waals surface area contributed by atoms with Gasteiger partial charge in [-0.1, -0.05) is 42.1 Å². The van der Waals surface area contributed by atoms with Crippen molar-refractivity contribution in [2.45, 2.75) is 17.4 Å². The summed E-state index contributed by atoms with van der Waals surface area (Å²) in [6.45, 7) is 1.65. The van der Waals surface area contributed by atoms with Crippen LogP contribution in [0.5, 0.6) is 0 Å². The topological polar surface area (TPSA) is 50.2 Å². The van der Waals surface area contributed by atoms with E-state index < -0.39 is 5.44 Å². The van der Waals surface area contributed by atoms with Crippen LogP contribution in [0.25, 0.3) is 0 Å². The second kappa shape index (κ2) is 5.80. The van der Waals surface area contributed by atoms with Gasteiger partial charge in [-0.3, -0.25) is 4.79 Å². The normalized spacial score (nSPS) is 12.1. The van der Waals surface area contributed by atoms with Gasteiger partial charge in [-0.25, -0.2) is 4.98 Å². The maximum atomic E-state index is 12.3. The summed E-state index contributed by atoms with van der Waals surface area (Å²) < 4.78 is 0. The number of benzene rings is 1. The summed E-state index contributed by atoms with van der Waals surface area (Å²) in [4.78, 5) is 16.5. The van der Waals surface area contributed by atoms with Crippen molar-refractivity contribution < 1.29 is 9.90 Å². The summed E-state index contributed by atoms with van der Waals surface area (Å²) in [5, 5.41) is 9.95. The highest BCUT2D eigenvalue weighted by atomic mass is 32.2. The molecule has 1 atom stereocenters. The minimum atomic E-state index is -0.595. The summed E-state index contributed by atoms with van der Waals surface area (Å²) in [6.07, 6.45) is 1.62. The van der Waals surface area contributed by atoms with E-state index in [-0.39, 0.29) is 5.78 Å². The van der Waals surface area contributed by atoms with Gasteiger partial charge in [-0.2, -0.15) is 0 Å². The van der Waals surface area contributed by atoms with E-state index >= 15 is 0 Å². The van der Waals surface area contributed by atoms with Crippen molar-refractivity contribution in [3.63, 3.8) is 0 Å². The summed E-state index contributed by atoms with van der Waals surface area (Å²) in [6, 6.07) is 12.5. The highest BCUT2D eigenvalue weighted by Crippen LogP contribution is 2.25. The summed E-state index contributed by atoms with van der Waals surface area (Å²) >= 11 is 1.17. The highest BCUT2D eigenvalue weighted by Gasteiger charge is 2.15. The minimum Gasteiger partial charge on any atom is -0.382 e. The van der Waals surface area contributed by atoms with Crippen LogP contribution in [0.3, 0.4) is 0 Å². The molecule has 3 nitrogen and oxygen atoms in total. The molecule has 18 heavy (non-hydrogen) atoms. The number of carbonyl (C=O) groups excluding carboxylic acids is 1. The first-order valence-electron chi connectivity index (χ1n) is 5.58. The van der Waals surface area contributed by atoms with Gasteiger partial charge in [0.25, 0.3) is 0 Å². The average molecular weight is 259 g/mol. The molecular formula is C14H13NO2S. The van der Waals surface area contributed by atoms with Gasteiger partial charge in [0.2, 0.25) is 0 Å². The number of carbonyl (C=O) groups is 1. The van der Waals surface area contributed by atoms with Crippen molar-refractivity contribution in [2.24, 2.45) is 0 Å². The maximum Gasteiger partial charge on any atom is 0.195 e. The van der Waals surface area contributed by atoms with Gasteiger partial charge < -0.3 is 5.11 Å². The molecule has 92 valence electrons. The first-order valence-corrected chi connectivity index (χ1v) is 6.46. The molecule has 0 fully saturated rings. The number of aromatic nitrogens is 1. The second-order valence-corrected chi connectivity index (χ2v) is 5.07. The van der Waals surface area contributed by atoms with Gasteiger partial charge >= 0.3 is 0 Å². The Morgan fingerprint density at radius 1 is 1.22 bits per heavy atom. The first-order chi connectivity index (χ1) is 8.68. The maximum absolute atomic E-state index is 12.3. The number of rotatable bonds is 4. The van der Waals surface area contributed by atoms with Crippen LogP contribution in [-0.4, -0.2) is 21.3 Å². The number of thioether (sulfide) groups is 1. The zero-order valence-electron chi connectivity index (χ0n) is 9.91. The van der Waals surface area contributed by atoms with Crippen LogP contribution in [0, 0.1) is 0 Å². The van der Waals surface area contributed by atoms with E-state index in [2.05, 4.69) is 4.98 Å². The Morgan fingerprint density at radius 2 is 1.94 bits per heavy atom. The molecule has 1 heterocycles. The van der Waals surface area contributed by atoms with Crippen LogP contribution < -0.4 is 0 Å². The molecule has 4 heteroatoms. The number of pyridine rings is 1. The van der Waals surface area contributed by atoms with Crippen molar-refractivity contribution in [3.05, 3.63) is 59.8 Å². The molecule has 1 unspecified atom stereocenters. The fourth-order valence-electron chi connectivity index (χ4n) is 1.56. The molecule has 2 rings (SSSR count). The standard InChI is InChI=1S/C14H13NO2S/c1-10(16)18-14-12(8-5-9-15-14)13(17)11-6-3-2-4-7-11/h2-10,16H,1H3. The highest BCUT2D eigenvalue weighted by molar-refractivity contribution is 7.99. The predicted octanol–water partition coefficient (Wildman–Crippen LogP) is 2.74. The molecule has 1 aromatic heterocycles. The van der Waals surface area contributed by atoms with Gasteiger partial charge in [-0.15, -0.1) is 0 Å². The Bertz CT molecular complexity index is 541. The third-order valence-corrected chi connectivity index (χ3v) is 3.22. The number of nitrogens with zero attached hydrogens (tertiary/aromatic N) is 1. The summed E-state index contributed by atoms with van der Waals surface area (Å²) in [7, 11) is 0. The Morgan fingerprint density at radius 3 is 2.61 bits per heavy atom. The predicted molar refractivity (Wildman–Crippen MR) is 71.6 cm³/mol. The van der Waals surface area contributed by atoms with E-state index in [1.54, 1.807) is 37.4 Å². The minimum absolute atomic E-state index is 0.0770. The number of aliphatic hydroxyl groups is 1. The van der Waals surface area contributed by atoms with Crippen LogP contribution in [0.2, 0.25) is 0 Å². The smallest absolute Gasteiger partial charge is 0.195 e. The lowest BCUT2D eigenvalue weighted by molar-refractivity contribution is 0.103. The van der Waals surface area contributed by atoms with Crippen molar-refractivity contribution in [1.82, 2.24) is 4.98 Å². The second-order valence-electron chi connectivity index (χ2n) is 3.77. The molecule has 0 radical (unpaired) electrons. The van der Waals surface area contributed by atoms with Crippen molar-refractivity contribution in [2.75, 3.05) is 0 Å². The molecule has 1 aromatic carbocycles. The molecule has 0 saturated heterocycles. The van der Waals surface area contributed by atoms with E-state index in [4.69, 9.17) is 0 Å². The lowest BCUT2D eigenvalue weighted by atomic mass is 10.1. The van der Waals surface area contributed by atoms with Crippen LogP contribution in [0.15, 0.2) is 53.7 Å². The zero-order chi connectivity index (χ0) is 13.0. The molecule has 2 aromatic rings. The Balaban J connectivity index is 2.36. The molecule has 0 aliphatic carbocycles. The van der Waals surface area contributed by atoms with Gasteiger partial charge in [0, 0.05) is 11.8 Å². The third kappa shape index (κ3) is 2.97. The molecule has 0 spiro atoms. The number of aliphatic hydroxyl groups excluding tert-OH is 1. The van der Waals surface area contributed by atoms with Crippen LogP contribution in [-0.2, 0) is 0 Å². The van der Waals surface area contributed by atoms with E-state index in [1.807, 2.05) is 18.2 Å². The van der Waals surface area contributed by atoms with E-state index in [9.17, 15) is 9.90 Å². The van der Waals surface area contributed by atoms with Crippen LogP contribution >= 0.6 is 11.8 Å². The quantitative estimate of drug-likeness (QED) is 0.521. The van der Waals surface area contributed by atoms with Gasteiger partial charge in [-0.05, 0) is 19.1 Å². The largest absolute Gasteiger partial charge is 0.382 e. The molecular weight excluding hydrogens is 246 g/mol. The van der Waals surface area contributed by atoms with Crippen molar-refractivity contribution in [1.29, 1.82) is 0 Å². The Labute approximate surface area is 110 Å². The van der Waals surface area contributed by atoms with E-state index in [1.165, 1.54) is 11.8 Å². The number of hydrogen-bond donors (Lipinski definition) is 1. The molecule has 0 amide bonds. The van der Waals surface area contributed by atoms with Gasteiger partial charge in [0.05, 0.1) is 5.56 Å². The SMILES string of the molecule is CC(O)Sc1ncccc1C(=O)c1ccccc1. The number of hydrogen-bond acceptors (Lipinski definition) is 4. The Hall–Kier alpha value is -1.65. The average Bonchev–Trinajstić information content (AvgIpc) is 2.39. The van der Waals surface area contributed by atoms with Gasteiger partial charge in [0.1, 0.15) is 10.5 Å². The van der Waals surface area contributed by atoms with Crippen molar-refractivity contribution in [3.8, 4) is 0 Å². The Kier molecular flexibility index (Phi) is 4.12. The van der Waals surface area contributed by atoms with E-state index in [0.717, 1.165) is 0 Å². The molecule has 0 bridgehead atoms. The fraction of sp³-hybridized carbons (Fsp3) is 0.143. The third-order valence-electron chi connectivity index (χ3n) is 2.33. The lowest BCUT2D eigenvalue weighted by Gasteiger charge is -2.08. The van der Waals surface area contributed by atoms with Crippen LogP contribution in [0.4, 0.5) is 0 Å². The van der Waals surface area contributed by atoms with Crippen LogP contribution in [0.1, 0.15) is 22.8 Å². The molecule has 1 N–H and O–H groups in total. The first kappa shape index (κ1) is 12.8. The summed E-state index contributed by atoms with van der Waals surface area (Å²) in [5.41, 5.74) is 0.551.